The molecule has 1 aromatic heterocycles. The lowest BCUT2D eigenvalue weighted by Gasteiger charge is -2.32. The summed E-state index contributed by atoms with van der Waals surface area (Å²) in [5.74, 6) is 0. The first-order chi connectivity index (χ1) is 12.0. The minimum absolute atomic E-state index is 0.0749. The van der Waals surface area contributed by atoms with Crippen LogP contribution < -0.4 is 5.32 Å². The van der Waals surface area contributed by atoms with Gasteiger partial charge in [0.25, 0.3) is 0 Å². The van der Waals surface area contributed by atoms with Crippen LogP contribution in [0.3, 0.4) is 0 Å². The number of pyridine rings is 1. The van der Waals surface area contributed by atoms with Gasteiger partial charge in [0.15, 0.2) is 0 Å². The van der Waals surface area contributed by atoms with Gasteiger partial charge in [-0.2, -0.15) is 4.31 Å². The summed E-state index contributed by atoms with van der Waals surface area (Å²) in [5, 5.41) is 4.40. The molecule has 7 heteroatoms. The van der Waals surface area contributed by atoms with Gasteiger partial charge >= 0.3 is 0 Å². The fraction of sp³-hybridized carbons (Fsp3) is 0.500. The molecular formula is C18H27N3O3S. The fourth-order valence-corrected chi connectivity index (χ4v) is 4.93. The second kappa shape index (κ2) is 9.24. The van der Waals surface area contributed by atoms with E-state index in [0.717, 1.165) is 30.0 Å². The molecule has 25 heavy (non-hydrogen) atoms. The number of rotatable bonds is 4. The number of hydrogen-bond acceptors (Lipinski definition) is 5. The van der Waals surface area contributed by atoms with Crippen LogP contribution in [0.2, 0.25) is 0 Å². The SMILES string of the molecule is CC1CCCCN1S(=O)(=O)c1cccc2cnccc12.CNCOC. The number of sulfonamides is 1. The largest absolute Gasteiger partial charge is 0.370 e. The van der Waals surface area contributed by atoms with Crippen LogP contribution >= 0.6 is 0 Å². The second-order valence-electron chi connectivity index (χ2n) is 6.10. The summed E-state index contributed by atoms with van der Waals surface area (Å²) in [7, 11) is 0.0538. The van der Waals surface area contributed by atoms with Crippen molar-refractivity contribution in [1.29, 1.82) is 0 Å². The number of aromatic nitrogens is 1. The molecule has 1 N–H and O–H groups in total. The van der Waals surface area contributed by atoms with Gasteiger partial charge in [-0.3, -0.25) is 10.3 Å². The molecule has 0 bridgehead atoms. The molecule has 138 valence electrons. The summed E-state index contributed by atoms with van der Waals surface area (Å²) in [6.07, 6.45) is 6.32. The smallest absolute Gasteiger partial charge is 0.243 e. The third-order valence-corrected chi connectivity index (χ3v) is 6.33. The van der Waals surface area contributed by atoms with Crippen molar-refractivity contribution in [3.63, 3.8) is 0 Å². The Morgan fingerprint density at radius 2 is 2.12 bits per heavy atom. The second-order valence-corrected chi connectivity index (χ2v) is 7.96. The number of nitrogens with one attached hydrogen (secondary N) is 1. The molecule has 6 nitrogen and oxygen atoms in total. The van der Waals surface area contributed by atoms with E-state index in [1.54, 1.807) is 42.0 Å². The van der Waals surface area contributed by atoms with Gasteiger partial charge in [-0.1, -0.05) is 18.6 Å². The minimum Gasteiger partial charge on any atom is -0.370 e. The van der Waals surface area contributed by atoms with Crippen molar-refractivity contribution in [1.82, 2.24) is 14.6 Å². The zero-order valence-corrected chi connectivity index (χ0v) is 15.9. The van der Waals surface area contributed by atoms with Crippen LogP contribution in [0.4, 0.5) is 0 Å². The van der Waals surface area contributed by atoms with E-state index in [4.69, 9.17) is 0 Å². The molecule has 1 aliphatic rings. The van der Waals surface area contributed by atoms with Crippen molar-refractivity contribution in [2.75, 3.05) is 27.4 Å². The number of methoxy groups -OCH3 is 1. The highest BCUT2D eigenvalue weighted by atomic mass is 32.2. The van der Waals surface area contributed by atoms with Gasteiger partial charge in [-0.25, -0.2) is 8.42 Å². The van der Waals surface area contributed by atoms with E-state index in [0.29, 0.717) is 18.2 Å². The zero-order chi connectivity index (χ0) is 18.3. The number of fused-ring (bicyclic) bond motifs is 1. The van der Waals surface area contributed by atoms with Crippen molar-refractivity contribution in [3.8, 4) is 0 Å². The Balaban J connectivity index is 0.000000399. The highest BCUT2D eigenvalue weighted by Gasteiger charge is 2.31. The Morgan fingerprint density at radius 1 is 1.32 bits per heavy atom. The van der Waals surface area contributed by atoms with Crippen molar-refractivity contribution in [3.05, 3.63) is 36.7 Å². The molecule has 1 atom stereocenters. The summed E-state index contributed by atoms with van der Waals surface area (Å²) in [6.45, 7) is 3.24. The molecule has 0 saturated carbocycles. The van der Waals surface area contributed by atoms with Crippen LogP contribution in [0.15, 0.2) is 41.6 Å². The lowest BCUT2D eigenvalue weighted by Crippen LogP contribution is -2.41. The van der Waals surface area contributed by atoms with Crippen LogP contribution in [-0.2, 0) is 14.8 Å². The molecular weight excluding hydrogens is 338 g/mol. The molecule has 2 heterocycles. The zero-order valence-electron chi connectivity index (χ0n) is 15.1. The Bertz CT molecular complexity index is 773. The topological polar surface area (TPSA) is 71.5 Å². The molecule has 0 amide bonds. The van der Waals surface area contributed by atoms with E-state index < -0.39 is 10.0 Å². The molecule has 1 aliphatic heterocycles. The Morgan fingerprint density at radius 3 is 2.76 bits per heavy atom. The molecule has 0 aliphatic carbocycles. The summed E-state index contributed by atoms with van der Waals surface area (Å²) < 4.78 is 32.1. The lowest BCUT2D eigenvalue weighted by atomic mass is 10.1. The molecule has 3 rings (SSSR count). The minimum atomic E-state index is -3.43. The van der Waals surface area contributed by atoms with Crippen molar-refractivity contribution >= 4 is 20.8 Å². The van der Waals surface area contributed by atoms with Crippen molar-refractivity contribution < 1.29 is 13.2 Å². The quantitative estimate of drug-likeness (QED) is 0.843. The first-order valence-corrected chi connectivity index (χ1v) is 9.94. The fourth-order valence-electron chi connectivity index (χ4n) is 3.02. The number of nitrogens with zero attached hydrogens (tertiary/aromatic N) is 2. The maximum Gasteiger partial charge on any atom is 0.243 e. The highest BCUT2D eigenvalue weighted by molar-refractivity contribution is 7.89. The third-order valence-electron chi connectivity index (χ3n) is 4.26. The van der Waals surface area contributed by atoms with Gasteiger partial charge in [0.2, 0.25) is 10.0 Å². The van der Waals surface area contributed by atoms with Crippen LogP contribution in [0.25, 0.3) is 10.8 Å². The lowest BCUT2D eigenvalue weighted by molar-refractivity contribution is 0.183. The van der Waals surface area contributed by atoms with Gasteiger partial charge in [0, 0.05) is 42.9 Å². The summed E-state index contributed by atoms with van der Waals surface area (Å²) in [5.41, 5.74) is 0. The van der Waals surface area contributed by atoms with E-state index in [2.05, 4.69) is 15.0 Å². The van der Waals surface area contributed by atoms with Crippen LogP contribution in [0, 0.1) is 0 Å². The average Bonchev–Trinajstić information content (AvgIpc) is 2.62. The summed E-state index contributed by atoms with van der Waals surface area (Å²) in [4.78, 5) is 4.45. The molecule has 1 saturated heterocycles. The first kappa shape index (κ1) is 19.8. The normalized spacial score (nSPS) is 18.6. The monoisotopic (exact) mass is 365 g/mol. The van der Waals surface area contributed by atoms with E-state index >= 15 is 0 Å². The Kier molecular flexibility index (Phi) is 7.31. The van der Waals surface area contributed by atoms with Crippen molar-refractivity contribution in [2.45, 2.75) is 37.1 Å². The summed E-state index contributed by atoms with van der Waals surface area (Å²) >= 11 is 0. The number of benzene rings is 1. The predicted octanol–water partition coefficient (Wildman–Crippen LogP) is 2.61. The van der Waals surface area contributed by atoms with Gasteiger partial charge < -0.3 is 4.74 Å². The average molecular weight is 365 g/mol. The van der Waals surface area contributed by atoms with Crippen LogP contribution in [-0.4, -0.2) is 51.2 Å². The molecule has 0 spiro atoms. The summed E-state index contributed by atoms with van der Waals surface area (Å²) in [6, 6.07) is 7.22. The van der Waals surface area contributed by atoms with Crippen molar-refractivity contribution in [2.24, 2.45) is 0 Å². The number of ether oxygens (including phenoxy) is 1. The molecule has 2 aromatic rings. The molecule has 0 radical (unpaired) electrons. The van der Waals surface area contributed by atoms with Gasteiger partial charge in [-0.15, -0.1) is 0 Å². The highest BCUT2D eigenvalue weighted by Crippen LogP contribution is 2.29. The molecule has 1 aromatic carbocycles. The Hall–Kier alpha value is -1.54. The maximum atomic E-state index is 12.9. The van der Waals surface area contributed by atoms with Gasteiger partial charge in [0.05, 0.1) is 11.6 Å². The standard InChI is InChI=1S/C15H18N2O2S.C3H9NO/c1-12-5-2-3-10-17(12)20(18,19)15-7-4-6-13-11-16-9-8-14(13)15;1-4-3-5-2/h4,6-9,11-12H,2-3,5,10H2,1H3;4H,3H2,1-2H3. The van der Waals surface area contributed by atoms with E-state index in [1.165, 1.54) is 0 Å². The number of hydrogen-bond donors (Lipinski definition) is 1. The van der Waals surface area contributed by atoms with Crippen LogP contribution in [0.1, 0.15) is 26.2 Å². The van der Waals surface area contributed by atoms with Gasteiger partial charge in [0.1, 0.15) is 0 Å². The maximum absolute atomic E-state index is 12.9. The molecule has 1 fully saturated rings. The first-order valence-electron chi connectivity index (χ1n) is 8.50. The van der Waals surface area contributed by atoms with Crippen LogP contribution in [0.5, 0.6) is 0 Å². The predicted molar refractivity (Wildman–Crippen MR) is 99.9 cm³/mol. The Labute approximate surface area is 150 Å². The third kappa shape index (κ3) is 4.76. The number of piperidine rings is 1. The molecule has 1 unspecified atom stereocenters. The van der Waals surface area contributed by atoms with E-state index in [9.17, 15) is 8.42 Å². The van der Waals surface area contributed by atoms with Gasteiger partial charge in [-0.05, 0) is 38.9 Å². The van der Waals surface area contributed by atoms with E-state index in [1.807, 2.05) is 20.0 Å². The van der Waals surface area contributed by atoms with E-state index in [-0.39, 0.29) is 6.04 Å².